The molecule has 1 aliphatic heterocycles. The average molecular weight is 340 g/mol. The molecule has 1 heterocycles. The number of hydrogen-bond acceptors (Lipinski definition) is 4. The zero-order chi connectivity index (χ0) is 17.0. The fraction of sp³-hybridized carbons (Fsp3) is 0.562. The molecule has 1 aromatic carbocycles. The summed E-state index contributed by atoms with van der Waals surface area (Å²) in [5, 5.41) is 0. The third-order valence-corrected chi connectivity index (χ3v) is 5.51. The van der Waals surface area contributed by atoms with Gasteiger partial charge >= 0.3 is 0 Å². The minimum Gasteiger partial charge on any atom is -0.375 e. The van der Waals surface area contributed by atoms with Crippen molar-refractivity contribution in [2.45, 2.75) is 44.2 Å². The molecular formula is C16H24N2O4S. The second-order valence-electron chi connectivity index (χ2n) is 5.89. The molecule has 23 heavy (non-hydrogen) atoms. The first-order valence-electron chi connectivity index (χ1n) is 7.86. The molecule has 0 bridgehead atoms. The van der Waals surface area contributed by atoms with Crippen LogP contribution in [0.1, 0.15) is 37.6 Å². The standard InChI is InChI=1S/C16H24N2O4S/c1-4-12(2)17-23(20,21)15-7-5-14(6-8-15)16(19)18-9-10-22-13(3)11-18/h5-8,12-13,17H,4,9-11H2,1-3H3/t12-,13+/m0/s1. The number of sulfonamides is 1. The number of ether oxygens (including phenoxy) is 1. The molecule has 1 saturated heterocycles. The van der Waals surface area contributed by atoms with Crippen molar-refractivity contribution in [3.8, 4) is 0 Å². The second kappa shape index (κ2) is 7.42. The molecule has 2 atom stereocenters. The maximum Gasteiger partial charge on any atom is 0.254 e. The second-order valence-corrected chi connectivity index (χ2v) is 7.60. The Labute approximate surface area is 137 Å². The van der Waals surface area contributed by atoms with Crippen LogP contribution in [-0.2, 0) is 14.8 Å². The topological polar surface area (TPSA) is 75.7 Å². The Kier molecular flexibility index (Phi) is 5.78. The van der Waals surface area contributed by atoms with Gasteiger partial charge in [-0.3, -0.25) is 4.79 Å². The first-order valence-corrected chi connectivity index (χ1v) is 9.35. The largest absolute Gasteiger partial charge is 0.375 e. The molecule has 0 spiro atoms. The van der Waals surface area contributed by atoms with Crippen molar-refractivity contribution < 1.29 is 17.9 Å². The summed E-state index contributed by atoms with van der Waals surface area (Å²) in [5.41, 5.74) is 0.488. The highest BCUT2D eigenvalue weighted by molar-refractivity contribution is 7.89. The molecule has 0 unspecified atom stereocenters. The highest BCUT2D eigenvalue weighted by atomic mass is 32.2. The average Bonchev–Trinajstić information content (AvgIpc) is 2.53. The quantitative estimate of drug-likeness (QED) is 0.884. The predicted molar refractivity (Wildman–Crippen MR) is 87.8 cm³/mol. The molecule has 1 amide bonds. The highest BCUT2D eigenvalue weighted by Crippen LogP contribution is 2.15. The Morgan fingerprint density at radius 1 is 1.39 bits per heavy atom. The van der Waals surface area contributed by atoms with E-state index in [4.69, 9.17) is 4.74 Å². The SMILES string of the molecule is CC[C@H](C)NS(=O)(=O)c1ccc(C(=O)N2CCO[C@H](C)C2)cc1. The van der Waals surface area contributed by atoms with Crippen LogP contribution in [0.15, 0.2) is 29.2 Å². The Balaban J connectivity index is 2.11. The molecule has 0 saturated carbocycles. The Bertz CT molecular complexity index is 643. The number of nitrogens with zero attached hydrogens (tertiary/aromatic N) is 1. The van der Waals surface area contributed by atoms with Crippen molar-refractivity contribution in [1.29, 1.82) is 0 Å². The van der Waals surface area contributed by atoms with E-state index >= 15 is 0 Å². The molecular weight excluding hydrogens is 316 g/mol. The van der Waals surface area contributed by atoms with Gasteiger partial charge in [0.15, 0.2) is 0 Å². The third-order valence-electron chi connectivity index (χ3n) is 3.91. The van der Waals surface area contributed by atoms with Crippen molar-refractivity contribution in [2.24, 2.45) is 0 Å². The maximum atomic E-state index is 12.4. The van der Waals surface area contributed by atoms with E-state index in [1.807, 2.05) is 20.8 Å². The number of nitrogens with one attached hydrogen (secondary N) is 1. The van der Waals surface area contributed by atoms with Gasteiger partial charge in [0, 0.05) is 24.7 Å². The lowest BCUT2D eigenvalue weighted by Gasteiger charge is -2.31. The predicted octanol–water partition coefficient (Wildman–Crippen LogP) is 1.62. The molecule has 0 radical (unpaired) electrons. The van der Waals surface area contributed by atoms with E-state index in [9.17, 15) is 13.2 Å². The summed E-state index contributed by atoms with van der Waals surface area (Å²) in [5.74, 6) is -0.0982. The molecule has 1 aliphatic rings. The van der Waals surface area contributed by atoms with Gasteiger partial charge < -0.3 is 9.64 Å². The lowest BCUT2D eigenvalue weighted by Crippen LogP contribution is -2.44. The number of hydrogen-bond donors (Lipinski definition) is 1. The minimum atomic E-state index is -3.54. The van der Waals surface area contributed by atoms with Crippen LogP contribution in [0.25, 0.3) is 0 Å². The van der Waals surface area contributed by atoms with Gasteiger partial charge in [-0.1, -0.05) is 6.92 Å². The molecule has 0 aliphatic carbocycles. The van der Waals surface area contributed by atoms with Gasteiger partial charge in [0.2, 0.25) is 10.0 Å². The van der Waals surface area contributed by atoms with Crippen molar-refractivity contribution in [2.75, 3.05) is 19.7 Å². The Morgan fingerprint density at radius 2 is 2.04 bits per heavy atom. The number of amides is 1. The lowest BCUT2D eigenvalue weighted by atomic mass is 10.2. The van der Waals surface area contributed by atoms with Gasteiger partial charge in [-0.25, -0.2) is 13.1 Å². The van der Waals surface area contributed by atoms with Gasteiger partial charge in [-0.05, 0) is 44.5 Å². The summed E-state index contributed by atoms with van der Waals surface area (Å²) in [7, 11) is -3.54. The third kappa shape index (κ3) is 4.53. The van der Waals surface area contributed by atoms with Crippen LogP contribution in [0.5, 0.6) is 0 Å². The number of morpholine rings is 1. The summed E-state index contributed by atoms with van der Waals surface area (Å²) in [6.45, 7) is 7.29. The summed E-state index contributed by atoms with van der Waals surface area (Å²) in [6.07, 6.45) is 0.734. The maximum absolute atomic E-state index is 12.4. The summed E-state index contributed by atoms with van der Waals surface area (Å²) < 4.78 is 32.4. The van der Waals surface area contributed by atoms with Gasteiger partial charge in [-0.15, -0.1) is 0 Å². The first-order chi connectivity index (χ1) is 10.8. The monoisotopic (exact) mass is 340 g/mol. The zero-order valence-corrected chi connectivity index (χ0v) is 14.6. The normalized spacial score (nSPS) is 20.3. The molecule has 0 aromatic heterocycles. The molecule has 1 aromatic rings. The van der Waals surface area contributed by atoms with Gasteiger partial charge in [0.05, 0.1) is 17.6 Å². The molecule has 128 valence electrons. The number of carbonyl (C=O) groups is 1. The van der Waals surface area contributed by atoms with Crippen LogP contribution in [-0.4, -0.2) is 51.1 Å². The van der Waals surface area contributed by atoms with E-state index in [1.54, 1.807) is 17.0 Å². The van der Waals surface area contributed by atoms with Crippen molar-refractivity contribution >= 4 is 15.9 Å². The number of rotatable bonds is 5. The van der Waals surface area contributed by atoms with Crippen molar-refractivity contribution in [1.82, 2.24) is 9.62 Å². The summed E-state index contributed by atoms with van der Waals surface area (Å²) in [6, 6.07) is 5.95. The van der Waals surface area contributed by atoms with E-state index in [-0.39, 0.29) is 22.9 Å². The zero-order valence-electron chi connectivity index (χ0n) is 13.8. The number of benzene rings is 1. The fourth-order valence-electron chi connectivity index (χ4n) is 2.38. The van der Waals surface area contributed by atoms with Crippen LogP contribution in [0.3, 0.4) is 0 Å². The van der Waals surface area contributed by atoms with Gasteiger partial charge in [-0.2, -0.15) is 0 Å². The van der Waals surface area contributed by atoms with E-state index in [1.165, 1.54) is 12.1 Å². The van der Waals surface area contributed by atoms with Crippen LogP contribution in [0.4, 0.5) is 0 Å². The van der Waals surface area contributed by atoms with E-state index in [0.29, 0.717) is 31.7 Å². The molecule has 7 heteroatoms. The Hall–Kier alpha value is -1.44. The lowest BCUT2D eigenvalue weighted by molar-refractivity contribution is -0.0124. The summed E-state index contributed by atoms with van der Waals surface area (Å²) >= 11 is 0. The van der Waals surface area contributed by atoms with Crippen LogP contribution in [0.2, 0.25) is 0 Å². The molecule has 1 N–H and O–H groups in total. The number of carbonyl (C=O) groups excluding carboxylic acids is 1. The Morgan fingerprint density at radius 3 is 2.61 bits per heavy atom. The van der Waals surface area contributed by atoms with E-state index in [2.05, 4.69) is 4.72 Å². The van der Waals surface area contributed by atoms with Gasteiger partial charge in [0.1, 0.15) is 0 Å². The van der Waals surface area contributed by atoms with E-state index < -0.39 is 10.0 Å². The van der Waals surface area contributed by atoms with E-state index in [0.717, 1.165) is 0 Å². The van der Waals surface area contributed by atoms with Crippen molar-refractivity contribution in [3.63, 3.8) is 0 Å². The smallest absolute Gasteiger partial charge is 0.254 e. The highest BCUT2D eigenvalue weighted by Gasteiger charge is 2.23. The van der Waals surface area contributed by atoms with Gasteiger partial charge in [0.25, 0.3) is 5.91 Å². The van der Waals surface area contributed by atoms with Crippen LogP contribution >= 0.6 is 0 Å². The molecule has 1 fully saturated rings. The molecule has 2 rings (SSSR count). The van der Waals surface area contributed by atoms with Crippen molar-refractivity contribution in [3.05, 3.63) is 29.8 Å². The molecule has 6 nitrogen and oxygen atoms in total. The fourth-order valence-corrected chi connectivity index (χ4v) is 3.71. The minimum absolute atomic E-state index is 0.0204. The first kappa shape index (κ1) is 17.9. The van der Waals surface area contributed by atoms with Crippen LogP contribution < -0.4 is 4.72 Å². The van der Waals surface area contributed by atoms with Crippen LogP contribution in [0, 0.1) is 0 Å². The summed E-state index contributed by atoms with van der Waals surface area (Å²) in [4.78, 5) is 14.3.